The topological polar surface area (TPSA) is 123 Å². The van der Waals surface area contributed by atoms with Crippen molar-refractivity contribution < 1.29 is 26.4 Å². The third-order valence-corrected chi connectivity index (χ3v) is 3.55. The molecule has 12 heteroatoms. The van der Waals surface area contributed by atoms with Gasteiger partial charge in [0.2, 0.25) is 5.91 Å². The maximum absolute atomic E-state index is 12.7. The largest absolute Gasteiger partial charge is 0.417 e. The van der Waals surface area contributed by atoms with Gasteiger partial charge in [0.25, 0.3) is 15.8 Å². The van der Waals surface area contributed by atoms with Gasteiger partial charge in [-0.2, -0.15) is 21.6 Å². The number of carbonyl (C=O) groups is 1. The molecule has 0 spiro atoms. The van der Waals surface area contributed by atoms with Crippen molar-refractivity contribution in [2.45, 2.75) is 12.7 Å². The summed E-state index contributed by atoms with van der Waals surface area (Å²) in [5.74, 6) is -0.779. The Balaban J connectivity index is 2.15. The van der Waals surface area contributed by atoms with Gasteiger partial charge in [0.05, 0.1) is 11.3 Å². The predicted octanol–water partition coefficient (Wildman–Crippen LogP) is 1.12. The summed E-state index contributed by atoms with van der Waals surface area (Å²) in [5.41, 5.74) is -1.62. The fourth-order valence-corrected chi connectivity index (χ4v) is 2.46. The zero-order valence-electron chi connectivity index (χ0n) is 12.9. The number of carbonyl (C=O) groups excluding carboxylic acids is 1. The molecule has 4 N–H and O–H groups in total. The minimum Gasteiger partial charge on any atom is -0.324 e. The molecule has 0 aliphatic heterocycles. The molecule has 26 heavy (non-hydrogen) atoms. The minimum absolute atomic E-state index is 0.0709. The van der Waals surface area contributed by atoms with Gasteiger partial charge >= 0.3 is 6.18 Å². The summed E-state index contributed by atoms with van der Waals surface area (Å²) >= 11 is 0. The fourth-order valence-electron chi connectivity index (χ4n) is 2.00. The van der Waals surface area contributed by atoms with E-state index in [0.29, 0.717) is 22.9 Å². The van der Waals surface area contributed by atoms with Crippen LogP contribution >= 0.6 is 0 Å². The van der Waals surface area contributed by atoms with Gasteiger partial charge < -0.3 is 9.88 Å². The molecule has 0 atom stereocenters. The van der Waals surface area contributed by atoms with Crippen molar-refractivity contribution in [2.75, 3.05) is 10.0 Å². The molecule has 0 aliphatic carbocycles. The first-order chi connectivity index (χ1) is 11.9. The number of benzene rings is 1. The van der Waals surface area contributed by atoms with Gasteiger partial charge in [0.15, 0.2) is 0 Å². The van der Waals surface area contributed by atoms with Gasteiger partial charge in [0.1, 0.15) is 6.54 Å². The lowest BCUT2D eigenvalue weighted by Gasteiger charge is -2.11. The Morgan fingerprint density at radius 2 is 1.81 bits per heavy atom. The van der Waals surface area contributed by atoms with Crippen LogP contribution in [0.15, 0.2) is 47.4 Å². The first kappa shape index (κ1) is 19.5. The lowest BCUT2D eigenvalue weighted by Crippen LogP contribution is -2.28. The standard InChI is InChI=1S/C14H13F3N4O4S/c15-14(16,17)9-4-5-13(23)21(7-9)8-12(22)19-10-2-1-3-11(6-10)20-26(18,24)25/h1-7,20H,8H2,(H,19,22)(H2,18,24,25). The lowest BCUT2D eigenvalue weighted by molar-refractivity contribution is -0.138. The van der Waals surface area contributed by atoms with Gasteiger partial charge in [-0.3, -0.25) is 14.3 Å². The molecular weight excluding hydrogens is 377 g/mol. The van der Waals surface area contributed by atoms with E-state index in [4.69, 9.17) is 5.14 Å². The number of nitrogens with two attached hydrogens (primary N) is 1. The van der Waals surface area contributed by atoms with Crippen molar-refractivity contribution >= 4 is 27.5 Å². The third kappa shape index (κ3) is 5.60. The van der Waals surface area contributed by atoms with Crippen LogP contribution in [0.2, 0.25) is 0 Å². The quantitative estimate of drug-likeness (QED) is 0.708. The van der Waals surface area contributed by atoms with Gasteiger partial charge in [-0.05, 0) is 24.3 Å². The summed E-state index contributed by atoms with van der Waals surface area (Å²) in [6, 6.07) is 6.79. The predicted molar refractivity (Wildman–Crippen MR) is 87.5 cm³/mol. The van der Waals surface area contributed by atoms with Crippen molar-refractivity contribution in [3.63, 3.8) is 0 Å². The Morgan fingerprint density at radius 3 is 2.42 bits per heavy atom. The lowest BCUT2D eigenvalue weighted by atomic mass is 10.2. The average Bonchev–Trinajstić information content (AvgIpc) is 2.46. The molecule has 1 aromatic carbocycles. The molecular formula is C14H13F3N4O4S. The fraction of sp³-hybridized carbons (Fsp3) is 0.143. The number of rotatable bonds is 5. The van der Waals surface area contributed by atoms with E-state index in [9.17, 15) is 31.2 Å². The van der Waals surface area contributed by atoms with E-state index in [2.05, 4.69) is 5.32 Å². The second kappa shape index (κ2) is 7.17. The highest BCUT2D eigenvalue weighted by atomic mass is 32.2. The first-order valence-electron chi connectivity index (χ1n) is 6.92. The number of amides is 1. The number of pyridine rings is 1. The normalized spacial score (nSPS) is 11.8. The highest BCUT2D eigenvalue weighted by Gasteiger charge is 2.31. The number of alkyl halides is 3. The Bertz CT molecular complexity index is 986. The van der Waals surface area contributed by atoms with E-state index in [-0.39, 0.29) is 11.4 Å². The van der Waals surface area contributed by atoms with Gasteiger partial charge in [0, 0.05) is 18.0 Å². The molecule has 0 saturated heterocycles. The van der Waals surface area contributed by atoms with E-state index in [0.717, 1.165) is 0 Å². The molecule has 1 amide bonds. The van der Waals surface area contributed by atoms with E-state index in [1.807, 2.05) is 4.72 Å². The van der Waals surface area contributed by atoms with Crippen LogP contribution in [-0.2, 0) is 27.7 Å². The average molecular weight is 390 g/mol. The molecule has 0 bridgehead atoms. The van der Waals surface area contributed by atoms with Crippen LogP contribution < -0.4 is 20.7 Å². The highest BCUT2D eigenvalue weighted by Crippen LogP contribution is 2.28. The van der Waals surface area contributed by atoms with Crippen LogP contribution in [-0.4, -0.2) is 18.9 Å². The molecule has 140 valence electrons. The van der Waals surface area contributed by atoms with Gasteiger partial charge in [-0.1, -0.05) is 6.07 Å². The maximum atomic E-state index is 12.7. The molecule has 1 heterocycles. The summed E-state index contributed by atoms with van der Waals surface area (Å²) in [5, 5.41) is 7.18. The van der Waals surface area contributed by atoms with E-state index in [1.54, 1.807) is 0 Å². The third-order valence-electron chi connectivity index (χ3n) is 3.03. The van der Waals surface area contributed by atoms with Crippen molar-refractivity contribution in [3.05, 3.63) is 58.5 Å². The molecule has 0 fully saturated rings. The number of nitrogens with zero attached hydrogens (tertiary/aromatic N) is 1. The Labute approximate surface area is 145 Å². The second-order valence-corrected chi connectivity index (χ2v) is 6.45. The van der Waals surface area contributed by atoms with Crippen LogP contribution in [0.5, 0.6) is 0 Å². The van der Waals surface area contributed by atoms with E-state index in [1.165, 1.54) is 24.3 Å². The SMILES string of the molecule is NS(=O)(=O)Nc1cccc(NC(=O)Cn2cc(C(F)(F)F)ccc2=O)c1. The minimum atomic E-state index is -4.65. The molecule has 0 radical (unpaired) electrons. The summed E-state index contributed by atoms with van der Waals surface area (Å²) in [4.78, 5) is 23.6. The molecule has 2 aromatic rings. The zero-order valence-corrected chi connectivity index (χ0v) is 13.8. The molecule has 1 aromatic heterocycles. The molecule has 0 aliphatic rings. The van der Waals surface area contributed by atoms with Crippen LogP contribution in [0.25, 0.3) is 0 Å². The Hall–Kier alpha value is -2.86. The Morgan fingerprint density at radius 1 is 1.15 bits per heavy atom. The van der Waals surface area contributed by atoms with E-state index < -0.39 is 40.0 Å². The van der Waals surface area contributed by atoms with Crippen LogP contribution in [0.1, 0.15) is 5.56 Å². The number of hydrogen-bond acceptors (Lipinski definition) is 4. The van der Waals surface area contributed by atoms with Crippen LogP contribution in [0.4, 0.5) is 24.5 Å². The van der Waals surface area contributed by atoms with Gasteiger partial charge in [-0.15, -0.1) is 0 Å². The van der Waals surface area contributed by atoms with Crippen molar-refractivity contribution in [1.29, 1.82) is 0 Å². The number of hydrogen-bond donors (Lipinski definition) is 3. The van der Waals surface area contributed by atoms with Crippen LogP contribution in [0.3, 0.4) is 0 Å². The van der Waals surface area contributed by atoms with Crippen molar-refractivity contribution in [1.82, 2.24) is 4.57 Å². The monoisotopic (exact) mass is 390 g/mol. The maximum Gasteiger partial charge on any atom is 0.417 e. The number of halogens is 3. The highest BCUT2D eigenvalue weighted by molar-refractivity contribution is 7.90. The molecule has 0 saturated carbocycles. The molecule has 8 nitrogen and oxygen atoms in total. The van der Waals surface area contributed by atoms with Crippen LogP contribution in [0, 0.1) is 0 Å². The number of aromatic nitrogens is 1. The number of nitrogens with one attached hydrogen (secondary N) is 2. The Kier molecular flexibility index (Phi) is 5.37. The molecule has 0 unspecified atom stereocenters. The molecule has 2 rings (SSSR count). The zero-order chi connectivity index (χ0) is 19.5. The van der Waals surface area contributed by atoms with Gasteiger partial charge in [-0.25, -0.2) is 5.14 Å². The van der Waals surface area contributed by atoms with E-state index >= 15 is 0 Å². The summed E-state index contributed by atoms with van der Waals surface area (Å²) in [6.07, 6.45) is -4.11. The first-order valence-corrected chi connectivity index (χ1v) is 8.47. The van der Waals surface area contributed by atoms with Crippen molar-refractivity contribution in [2.24, 2.45) is 5.14 Å². The van der Waals surface area contributed by atoms with Crippen molar-refractivity contribution in [3.8, 4) is 0 Å². The summed E-state index contributed by atoms with van der Waals surface area (Å²) in [6.45, 7) is -0.657. The second-order valence-electron chi connectivity index (χ2n) is 5.16. The summed E-state index contributed by atoms with van der Waals surface area (Å²) in [7, 11) is -4.01. The number of anilines is 2. The smallest absolute Gasteiger partial charge is 0.324 e. The summed E-state index contributed by atoms with van der Waals surface area (Å²) < 4.78 is 62.6.